The SMILES string of the molecule is CS(=O)(=O)N1CCCC(NC(=O)N2CCN(c3ccccc3)CC2)C1. The highest BCUT2D eigenvalue weighted by atomic mass is 32.2. The van der Waals surface area contributed by atoms with Crippen molar-refractivity contribution >= 4 is 21.7 Å². The molecule has 0 aromatic heterocycles. The number of carbonyl (C=O) groups excluding carboxylic acids is 1. The van der Waals surface area contributed by atoms with Gasteiger partial charge in [0.2, 0.25) is 10.0 Å². The van der Waals surface area contributed by atoms with E-state index in [0.29, 0.717) is 26.2 Å². The Kier molecular flexibility index (Phi) is 5.48. The maximum absolute atomic E-state index is 12.5. The lowest BCUT2D eigenvalue weighted by Gasteiger charge is -2.38. The van der Waals surface area contributed by atoms with E-state index in [-0.39, 0.29) is 12.1 Å². The molecule has 3 rings (SSSR count). The van der Waals surface area contributed by atoms with E-state index >= 15 is 0 Å². The first-order valence-electron chi connectivity index (χ1n) is 8.74. The molecule has 2 saturated heterocycles. The van der Waals surface area contributed by atoms with Crippen molar-refractivity contribution < 1.29 is 13.2 Å². The van der Waals surface area contributed by atoms with E-state index in [2.05, 4.69) is 22.3 Å². The van der Waals surface area contributed by atoms with Crippen LogP contribution < -0.4 is 10.2 Å². The molecule has 2 fully saturated rings. The van der Waals surface area contributed by atoms with Crippen LogP contribution in [0.5, 0.6) is 0 Å². The number of hydrogen-bond acceptors (Lipinski definition) is 4. The number of hydrogen-bond donors (Lipinski definition) is 1. The smallest absolute Gasteiger partial charge is 0.317 e. The average Bonchev–Trinajstić information content (AvgIpc) is 2.62. The quantitative estimate of drug-likeness (QED) is 0.864. The van der Waals surface area contributed by atoms with Gasteiger partial charge in [0.05, 0.1) is 6.26 Å². The summed E-state index contributed by atoms with van der Waals surface area (Å²) in [6, 6.07) is 10.00. The zero-order valence-electron chi connectivity index (χ0n) is 14.6. The predicted octanol–water partition coefficient (Wildman–Crippen LogP) is 0.942. The van der Waals surface area contributed by atoms with Gasteiger partial charge >= 0.3 is 6.03 Å². The van der Waals surface area contributed by atoms with E-state index in [0.717, 1.165) is 25.9 Å². The van der Waals surface area contributed by atoms with E-state index in [4.69, 9.17) is 0 Å². The molecule has 0 radical (unpaired) electrons. The number of benzene rings is 1. The number of urea groups is 1. The lowest BCUT2D eigenvalue weighted by atomic mass is 10.1. The van der Waals surface area contributed by atoms with Crippen LogP contribution in [-0.4, -0.2) is 75.2 Å². The summed E-state index contributed by atoms with van der Waals surface area (Å²) >= 11 is 0. The molecule has 1 aromatic rings. The summed E-state index contributed by atoms with van der Waals surface area (Å²) in [5.41, 5.74) is 1.18. The fourth-order valence-electron chi connectivity index (χ4n) is 3.43. The second kappa shape index (κ2) is 7.61. The highest BCUT2D eigenvalue weighted by Gasteiger charge is 2.29. The summed E-state index contributed by atoms with van der Waals surface area (Å²) in [4.78, 5) is 16.6. The van der Waals surface area contributed by atoms with Gasteiger partial charge in [0.25, 0.3) is 0 Å². The number of anilines is 1. The van der Waals surface area contributed by atoms with Crippen molar-refractivity contribution in [2.75, 3.05) is 50.4 Å². The van der Waals surface area contributed by atoms with Crippen LogP contribution in [-0.2, 0) is 10.0 Å². The fourth-order valence-corrected chi connectivity index (χ4v) is 4.35. The predicted molar refractivity (Wildman–Crippen MR) is 98.2 cm³/mol. The zero-order valence-corrected chi connectivity index (χ0v) is 15.4. The third-order valence-electron chi connectivity index (χ3n) is 4.87. The van der Waals surface area contributed by atoms with Crippen molar-refractivity contribution in [3.05, 3.63) is 30.3 Å². The summed E-state index contributed by atoms with van der Waals surface area (Å²) in [7, 11) is -3.20. The Morgan fingerprint density at radius 3 is 2.40 bits per heavy atom. The molecule has 0 bridgehead atoms. The van der Waals surface area contributed by atoms with Crippen LogP contribution in [0.25, 0.3) is 0 Å². The molecule has 1 N–H and O–H groups in total. The van der Waals surface area contributed by atoms with Gasteiger partial charge in [-0.1, -0.05) is 18.2 Å². The third kappa shape index (κ3) is 4.64. The van der Waals surface area contributed by atoms with Gasteiger partial charge < -0.3 is 15.1 Å². The maximum atomic E-state index is 12.5. The summed E-state index contributed by atoms with van der Waals surface area (Å²) in [5, 5.41) is 3.01. The van der Waals surface area contributed by atoms with Gasteiger partial charge in [0.1, 0.15) is 0 Å². The first kappa shape index (κ1) is 18.0. The van der Waals surface area contributed by atoms with Crippen LogP contribution in [0.15, 0.2) is 30.3 Å². The Morgan fingerprint density at radius 1 is 1.08 bits per heavy atom. The molecular weight excluding hydrogens is 340 g/mol. The standard InChI is InChI=1S/C17H26N4O3S/c1-25(23,24)21-9-5-6-15(14-21)18-17(22)20-12-10-19(11-13-20)16-7-3-2-4-8-16/h2-4,7-8,15H,5-6,9-14H2,1H3,(H,18,22). The Balaban J connectivity index is 1.50. The van der Waals surface area contributed by atoms with Crippen LogP contribution >= 0.6 is 0 Å². The van der Waals surface area contributed by atoms with Gasteiger partial charge in [-0.15, -0.1) is 0 Å². The van der Waals surface area contributed by atoms with Crippen molar-refractivity contribution in [1.82, 2.24) is 14.5 Å². The normalized spacial score (nSPS) is 22.7. The van der Waals surface area contributed by atoms with Gasteiger partial charge in [-0.25, -0.2) is 17.5 Å². The molecule has 0 saturated carbocycles. The molecule has 8 heteroatoms. The number of nitrogens with zero attached hydrogens (tertiary/aromatic N) is 3. The Morgan fingerprint density at radius 2 is 1.76 bits per heavy atom. The molecule has 2 aliphatic heterocycles. The number of rotatable bonds is 3. The molecular formula is C17H26N4O3S. The molecule has 7 nitrogen and oxygen atoms in total. The number of piperazine rings is 1. The molecule has 138 valence electrons. The molecule has 1 aromatic carbocycles. The van der Waals surface area contributed by atoms with Gasteiger partial charge in [-0.3, -0.25) is 0 Å². The molecule has 2 amide bonds. The van der Waals surface area contributed by atoms with E-state index in [1.807, 2.05) is 23.1 Å². The minimum absolute atomic E-state index is 0.0898. The Bertz CT molecular complexity index is 687. The van der Waals surface area contributed by atoms with Gasteiger partial charge in [-0.2, -0.15) is 0 Å². The minimum Gasteiger partial charge on any atom is -0.368 e. The van der Waals surface area contributed by atoms with Crippen LogP contribution in [0, 0.1) is 0 Å². The molecule has 2 aliphatic rings. The van der Waals surface area contributed by atoms with Gasteiger partial charge in [0, 0.05) is 51.0 Å². The fraction of sp³-hybridized carbons (Fsp3) is 0.588. The molecule has 2 heterocycles. The minimum atomic E-state index is -3.20. The molecule has 0 aliphatic carbocycles. The molecule has 0 spiro atoms. The van der Waals surface area contributed by atoms with Crippen molar-refractivity contribution in [3.63, 3.8) is 0 Å². The van der Waals surface area contributed by atoms with Crippen LogP contribution in [0.2, 0.25) is 0 Å². The average molecular weight is 366 g/mol. The summed E-state index contributed by atoms with van der Waals surface area (Å²) in [6.07, 6.45) is 2.82. The van der Waals surface area contributed by atoms with Crippen LogP contribution in [0.4, 0.5) is 10.5 Å². The van der Waals surface area contributed by atoms with E-state index in [1.54, 1.807) is 0 Å². The van der Waals surface area contributed by atoms with E-state index < -0.39 is 10.0 Å². The highest BCUT2D eigenvalue weighted by Crippen LogP contribution is 2.16. The summed E-state index contributed by atoms with van der Waals surface area (Å²) in [6.45, 7) is 3.86. The maximum Gasteiger partial charge on any atom is 0.317 e. The first-order valence-corrected chi connectivity index (χ1v) is 10.6. The molecule has 1 atom stereocenters. The van der Waals surface area contributed by atoms with E-state index in [1.165, 1.54) is 16.2 Å². The van der Waals surface area contributed by atoms with Crippen molar-refractivity contribution in [1.29, 1.82) is 0 Å². The third-order valence-corrected chi connectivity index (χ3v) is 6.14. The first-order chi connectivity index (χ1) is 11.9. The monoisotopic (exact) mass is 366 g/mol. The number of sulfonamides is 1. The number of piperidine rings is 1. The lowest BCUT2D eigenvalue weighted by molar-refractivity contribution is 0.183. The largest absolute Gasteiger partial charge is 0.368 e. The lowest BCUT2D eigenvalue weighted by Crippen LogP contribution is -2.56. The van der Waals surface area contributed by atoms with Crippen molar-refractivity contribution in [2.24, 2.45) is 0 Å². The number of carbonyl (C=O) groups is 1. The molecule has 1 unspecified atom stereocenters. The Hall–Kier alpha value is -1.80. The van der Waals surface area contributed by atoms with Gasteiger partial charge in [-0.05, 0) is 25.0 Å². The second-order valence-corrected chi connectivity index (χ2v) is 8.70. The zero-order chi connectivity index (χ0) is 17.9. The number of nitrogens with one attached hydrogen (secondary N) is 1. The van der Waals surface area contributed by atoms with Crippen molar-refractivity contribution in [2.45, 2.75) is 18.9 Å². The van der Waals surface area contributed by atoms with Crippen molar-refractivity contribution in [3.8, 4) is 0 Å². The molecule has 25 heavy (non-hydrogen) atoms. The number of amides is 2. The highest BCUT2D eigenvalue weighted by molar-refractivity contribution is 7.88. The number of para-hydroxylation sites is 1. The van der Waals surface area contributed by atoms with Crippen LogP contribution in [0.1, 0.15) is 12.8 Å². The summed E-state index contributed by atoms with van der Waals surface area (Å²) < 4.78 is 24.8. The second-order valence-electron chi connectivity index (χ2n) is 6.72. The van der Waals surface area contributed by atoms with E-state index in [9.17, 15) is 13.2 Å². The van der Waals surface area contributed by atoms with Crippen LogP contribution in [0.3, 0.4) is 0 Å². The summed E-state index contributed by atoms with van der Waals surface area (Å²) in [5.74, 6) is 0. The van der Waals surface area contributed by atoms with Gasteiger partial charge in [0.15, 0.2) is 0 Å². The Labute approximate surface area is 149 Å². The topological polar surface area (TPSA) is 73.0 Å².